The monoisotopic (exact) mass is 266 g/mol. The molecule has 0 aliphatic heterocycles. The lowest BCUT2D eigenvalue weighted by molar-refractivity contribution is 0.0834. The Morgan fingerprint density at radius 3 is 2.53 bits per heavy atom. The molecule has 19 heavy (non-hydrogen) atoms. The van der Waals surface area contributed by atoms with Crippen LogP contribution in [0.1, 0.15) is 30.7 Å². The van der Waals surface area contributed by atoms with Crippen LogP contribution in [0.3, 0.4) is 0 Å². The zero-order chi connectivity index (χ0) is 14.6. The number of aliphatic hydroxyl groups excluding tert-OH is 1. The molecule has 1 rings (SSSR count). The fourth-order valence-corrected chi connectivity index (χ4v) is 2.05. The van der Waals surface area contributed by atoms with Gasteiger partial charge in [-0.15, -0.1) is 0 Å². The number of ether oxygens (including phenoxy) is 1. The molecule has 1 N–H and O–H groups in total. The van der Waals surface area contributed by atoms with Crippen LogP contribution in [0.4, 0.5) is 0 Å². The van der Waals surface area contributed by atoms with Gasteiger partial charge in [0.2, 0.25) is 5.88 Å². The van der Waals surface area contributed by atoms with Gasteiger partial charge in [0.15, 0.2) is 0 Å². The zero-order valence-electron chi connectivity index (χ0n) is 12.9. The van der Waals surface area contributed by atoms with E-state index in [1.54, 1.807) is 7.11 Å². The summed E-state index contributed by atoms with van der Waals surface area (Å²) in [6.45, 7) is 9.46. The van der Waals surface area contributed by atoms with Gasteiger partial charge in [-0.1, -0.05) is 13.8 Å². The van der Waals surface area contributed by atoms with Crippen LogP contribution < -0.4 is 4.74 Å². The largest absolute Gasteiger partial charge is 0.481 e. The number of pyridine rings is 1. The first-order valence-corrected chi connectivity index (χ1v) is 6.72. The van der Waals surface area contributed by atoms with E-state index in [4.69, 9.17) is 4.74 Å². The van der Waals surface area contributed by atoms with Gasteiger partial charge in [-0.05, 0) is 38.4 Å². The van der Waals surface area contributed by atoms with E-state index in [0.29, 0.717) is 12.4 Å². The number of rotatable bonds is 6. The number of methoxy groups -OCH3 is 1. The summed E-state index contributed by atoms with van der Waals surface area (Å²) in [5, 5.41) is 9.93. The Morgan fingerprint density at radius 1 is 1.37 bits per heavy atom. The van der Waals surface area contributed by atoms with Crippen LogP contribution in [0.5, 0.6) is 5.88 Å². The van der Waals surface area contributed by atoms with Crippen LogP contribution in [0.15, 0.2) is 6.07 Å². The normalized spacial score (nSPS) is 13.1. The minimum absolute atomic E-state index is 0.265. The fraction of sp³-hybridized carbons (Fsp3) is 0.667. The molecule has 0 saturated carbocycles. The van der Waals surface area contributed by atoms with E-state index in [1.165, 1.54) is 5.56 Å². The summed E-state index contributed by atoms with van der Waals surface area (Å²) in [5.41, 5.74) is 3.23. The molecule has 4 heteroatoms. The van der Waals surface area contributed by atoms with E-state index < -0.39 is 0 Å². The van der Waals surface area contributed by atoms with Crippen molar-refractivity contribution in [3.8, 4) is 5.88 Å². The highest BCUT2D eigenvalue weighted by Crippen LogP contribution is 2.22. The Labute approximate surface area is 116 Å². The molecule has 0 spiro atoms. The molecule has 1 heterocycles. The molecular weight excluding hydrogens is 240 g/mol. The third-order valence-corrected chi connectivity index (χ3v) is 3.33. The Balaban J connectivity index is 2.81. The molecule has 1 aromatic heterocycles. The second-order valence-corrected chi connectivity index (χ2v) is 5.58. The van der Waals surface area contributed by atoms with Gasteiger partial charge in [0.05, 0.1) is 13.2 Å². The third-order valence-electron chi connectivity index (χ3n) is 3.33. The third kappa shape index (κ3) is 4.48. The highest BCUT2D eigenvalue weighted by Gasteiger charge is 2.16. The molecule has 1 unspecified atom stereocenters. The number of nitrogens with zero attached hydrogens (tertiary/aromatic N) is 2. The lowest BCUT2D eigenvalue weighted by atomic mass is 10.1. The van der Waals surface area contributed by atoms with Crippen LogP contribution in [-0.2, 0) is 6.54 Å². The fourth-order valence-electron chi connectivity index (χ4n) is 2.05. The lowest BCUT2D eigenvalue weighted by Crippen LogP contribution is -2.32. The van der Waals surface area contributed by atoms with Crippen molar-refractivity contribution in [2.24, 2.45) is 5.92 Å². The van der Waals surface area contributed by atoms with Crippen molar-refractivity contribution in [2.45, 2.75) is 40.3 Å². The van der Waals surface area contributed by atoms with Crippen molar-refractivity contribution >= 4 is 0 Å². The first kappa shape index (κ1) is 15.9. The number of hydrogen-bond acceptors (Lipinski definition) is 4. The number of likely N-dealkylation sites (N-methyl/N-ethyl adjacent to an activating group) is 1. The maximum atomic E-state index is 9.93. The van der Waals surface area contributed by atoms with Crippen LogP contribution in [0.25, 0.3) is 0 Å². The highest BCUT2D eigenvalue weighted by molar-refractivity contribution is 5.35. The molecule has 0 amide bonds. The van der Waals surface area contributed by atoms with E-state index in [0.717, 1.165) is 17.8 Å². The first-order valence-electron chi connectivity index (χ1n) is 6.72. The predicted octanol–water partition coefficient (Wildman–Crippen LogP) is 2.16. The van der Waals surface area contributed by atoms with Gasteiger partial charge < -0.3 is 9.84 Å². The maximum absolute atomic E-state index is 9.93. The number of aliphatic hydroxyl groups is 1. The molecule has 1 aromatic rings. The number of aryl methyl sites for hydroxylation is 2. The van der Waals surface area contributed by atoms with E-state index in [1.807, 2.05) is 27.8 Å². The summed E-state index contributed by atoms with van der Waals surface area (Å²) in [7, 11) is 3.65. The Hall–Kier alpha value is -1.13. The molecular formula is C15H26N2O2. The van der Waals surface area contributed by atoms with Crippen LogP contribution in [-0.4, -0.2) is 41.8 Å². The van der Waals surface area contributed by atoms with Crippen molar-refractivity contribution in [1.29, 1.82) is 0 Å². The van der Waals surface area contributed by atoms with Crippen molar-refractivity contribution in [2.75, 3.05) is 20.7 Å². The number of hydrogen-bond donors (Lipinski definition) is 1. The Bertz CT molecular complexity index is 419. The topological polar surface area (TPSA) is 45.6 Å². The minimum atomic E-state index is -0.310. The van der Waals surface area contributed by atoms with Gasteiger partial charge in [0, 0.05) is 24.3 Å². The molecule has 1 atom stereocenters. The van der Waals surface area contributed by atoms with Crippen molar-refractivity contribution in [1.82, 2.24) is 9.88 Å². The van der Waals surface area contributed by atoms with Crippen molar-refractivity contribution in [3.05, 3.63) is 22.9 Å². The standard InChI is InChI=1S/C15H26N2O2/c1-10(2)14(18)9-17(5)8-13-11(3)7-12(4)16-15(13)19-6/h7,10,14,18H,8-9H2,1-6H3. The summed E-state index contributed by atoms with van der Waals surface area (Å²) in [6.07, 6.45) is -0.310. The van der Waals surface area contributed by atoms with Gasteiger partial charge >= 0.3 is 0 Å². The minimum Gasteiger partial charge on any atom is -0.481 e. The average molecular weight is 266 g/mol. The van der Waals surface area contributed by atoms with E-state index in [2.05, 4.69) is 22.9 Å². The lowest BCUT2D eigenvalue weighted by Gasteiger charge is -2.24. The Morgan fingerprint density at radius 2 is 2.00 bits per heavy atom. The molecule has 108 valence electrons. The van der Waals surface area contributed by atoms with Gasteiger partial charge in [0.25, 0.3) is 0 Å². The zero-order valence-corrected chi connectivity index (χ0v) is 12.9. The Kier molecular flexibility index (Phi) is 5.76. The maximum Gasteiger partial charge on any atom is 0.218 e. The van der Waals surface area contributed by atoms with Gasteiger partial charge in [-0.2, -0.15) is 0 Å². The molecule has 0 bridgehead atoms. The van der Waals surface area contributed by atoms with Crippen molar-refractivity contribution < 1.29 is 9.84 Å². The van der Waals surface area contributed by atoms with Gasteiger partial charge in [0.1, 0.15) is 0 Å². The van der Waals surface area contributed by atoms with Crippen LogP contribution >= 0.6 is 0 Å². The summed E-state index contributed by atoms with van der Waals surface area (Å²) in [4.78, 5) is 6.51. The first-order chi connectivity index (χ1) is 8.85. The molecule has 0 aliphatic carbocycles. The summed E-state index contributed by atoms with van der Waals surface area (Å²) < 4.78 is 5.36. The van der Waals surface area contributed by atoms with E-state index >= 15 is 0 Å². The second-order valence-electron chi connectivity index (χ2n) is 5.58. The quantitative estimate of drug-likeness (QED) is 0.857. The van der Waals surface area contributed by atoms with Crippen LogP contribution in [0, 0.1) is 19.8 Å². The van der Waals surface area contributed by atoms with Crippen molar-refractivity contribution in [3.63, 3.8) is 0 Å². The second kappa shape index (κ2) is 6.87. The summed E-state index contributed by atoms with van der Waals surface area (Å²) in [6, 6.07) is 2.06. The molecule has 4 nitrogen and oxygen atoms in total. The molecule has 0 radical (unpaired) electrons. The predicted molar refractivity (Wildman–Crippen MR) is 77.4 cm³/mol. The van der Waals surface area contributed by atoms with Gasteiger partial charge in [-0.25, -0.2) is 4.98 Å². The number of aromatic nitrogens is 1. The molecule has 0 saturated heterocycles. The van der Waals surface area contributed by atoms with Crippen LogP contribution in [0.2, 0.25) is 0 Å². The van der Waals surface area contributed by atoms with Gasteiger partial charge in [-0.3, -0.25) is 4.90 Å². The average Bonchev–Trinajstić information content (AvgIpc) is 2.31. The summed E-state index contributed by atoms with van der Waals surface area (Å²) >= 11 is 0. The summed E-state index contributed by atoms with van der Waals surface area (Å²) in [5.74, 6) is 0.949. The smallest absolute Gasteiger partial charge is 0.218 e. The molecule has 0 aliphatic rings. The molecule has 0 aromatic carbocycles. The van der Waals surface area contributed by atoms with E-state index in [9.17, 15) is 5.11 Å². The van der Waals surface area contributed by atoms with E-state index in [-0.39, 0.29) is 12.0 Å². The highest BCUT2D eigenvalue weighted by atomic mass is 16.5. The molecule has 0 fully saturated rings. The SMILES string of the molecule is COc1nc(C)cc(C)c1CN(C)CC(O)C(C)C.